The third kappa shape index (κ3) is 2.66. The molecule has 1 aliphatic heterocycles. The number of carboxylic acid groups (broad SMARTS) is 1. The summed E-state index contributed by atoms with van der Waals surface area (Å²) in [5.41, 5.74) is 8.23. The predicted octanol–water partition coefficient (Wildman–Crippen LogP) is 3.69. The summed E-state index contributed by atoms with van der Waals surface area (Å²) in [7, 11) is 0. The molecule has 0 aliphatic carbocycles. The van der Waals surface area contributed by atoms with E-state index in [0.29, 0.717) is 10.7 Å². The molecule has 6 heteroatoms. The van der Waals surface area contributed by atoms with Crippen LogP contribution in [0.15, 0.2) is 59.6 Å². The molecule has 1 aliphatic rings. The number of halogens is 1. The fraction of sp³-hybridized carbons (Fsp3) is 0.150. The maximum atomic E-state index is 11.4. The smallest absolute Gasteiger partial charge is 0.320 e. The molecular formula is C20H16ClN3O2. The predicted molar refractivity (Wildman–Crippen MR) is 102 cm³/mol. The van der Waals surface area contributed by atoms with Crippen molar-refractivity contribution in [2.24, 2.45) is 10.7 Å². The van der Waals surface area contributed by atoms with Crippen molar-refractivity contribution in [3.63, 3.8) is 0 Å². The second kappa shape index (κ2) is 6.20. The number of aliphatic carboxylic acids is 1. The molecule has 0 radical (unpaired) electrons. The minimum atomic E-state index is -1.05. The van der Waals surface area contributed by atoms with E-state index in [2.05, 4.69) is 4.99 Å². The molecule has 5 nitrogen and oxygen atoms in total. The molecule has 0 fully saturated rings. The molecule has 3 aromatic rings. The van der Waals surface area contributed by atoms with E-state index in [0.717, 1.165) is 22.2 Å². The maximum absolute atomic E-state index is 11.4. The lowest BCUT2D eigenvalue weighted by Gasteiger charge is -2.29. The molecule has 0 bridgehead atoms. The van der Waals surface area contributed by atoms with Crippen LogP contribution in [0.5, 0.6) is 0 Å². The Hall–Kier alpha value is -2.76. The summed E-state index contributed by atoms with van der Waals surface area (Å²) in [5, 5.41) is 10.9. The van der Waals surface area contributed by atoms with Gasteiger partial charge in [0.25, 0.3) is 0 Å². The molecule has 0 amide bonds. The normalized spacial score (nSPS) is 19.5. The lowest BCUT2D eigenvalue weighted by Crippen LogP contribution is -2.41. The number of para-hydroxylation sites is 1. The SMILES string of the molecule is N[C@@H](CC1(c2ccc3ccccc3n2)C=Nc2cc(Cl)ccc21)C(=O)O. The highest BCUT2D eigenvalue weighted by Gasteiger charge is 2.42. The number of carboxylic acids is 1. The summed E-state index contributed by atoms with van der Waals surface area (Å²) in [6.07, 6.45) is 1.90. The Morgan fingerprint density at radius 2 is 2.00 bits per heavy atom. The second-order valence-electron chi connectivity index (χ2n) is 6.43. The van der Waals surface area contributed by atoms with Gasteiger partial charge in [-0.2, -0.15) is 0 Å². The van der Waals surface area contributed by atoms with Crippen molar-refractivity contribution in [2.75, 3.05) is 0 Å². The number of nitrogens with two attached hydrogens (primary N) is 1. The van der Waals surface area contributed by atoms with Crippen molar-refractivity contribution < 1.29 is 9.90 Å². The zero-order chi connectivity index (χ0) is 18.3. The Morgan fingerprint density at radius 1 is 1.19 bits per heavy atom. The van der Waals surface area contributed by atoms with Gasteiger partial charge in [0.1, 0.15) is 6.04 Å². The largest absolute Gasteiger partial charge is 0.480 e. The first kappa shape index (κ1) is 16.7. The minimum absolute atomic E-state index is 0.159. The molecule has 2 heterocycles. The van der Waals surface area contributed by atoms with Gasteiger partial charge < -0.3 is 10.8 Å². The minimum Gasteiger partial charge on any atom is -0.480 e. The molecule has 1 unspecified atom stereocenters. The van der Waals surface area contributed by atoms with Gasteiger partial charge in [-0.05, 0) is 36.2 Å². The van der Waals surface area contributed by atoms with Crippen LogP contribution in [0.25, 0.3) is 10.9 Å². The highest BCUT2D eigenvalue weighted by Crippen LogP contribution is 2.45. The van der Waals surface area contributed by atoms with E-state index in [1.165, 1.54) is 0 Å². The number of nitrogens with zero attached hydrogens (tertiary/aromatic N) is 2. The number of hydrogen-bond acceptors (Lipinski definition) is 4. The monoisotopic (exact) mass is 365 g/mol. The van der Waals surface area contributed by atoms with Crippen molar-refractivity contribution in [3.8, 4) is 0 Å². The molecule has 0 saturated carbocycles. The molecule has 130 valence electrons. The number of pyridine rings is 1. The number of rotatable bonds is 4. The van der Waals surface area contributed by atoms with E-state index in [4.69, 9.17) is 22.3 Å². The van der Waals surface area contributed by atoms with Gasteiger partial charge in [-0.15, -0.1) is 0 Å². The van der Waals surface area contributed by atoms with Gasteiger partial charge in [-0.3, -0.25) is 14.8 Å². The van der Waals surface area contributed by atoms with Crippen LogP contribution < -0.4 is 5.73 Å². The van der Waals surface area contributed by atoms with Gasteiger partial charge in [-0.25, -0.2) is 0 Å². The van der Waals surface area contributed by atoms with E-state index in [1.54, 1.807) is 18.3 Å². The van der Waals surface area contributed by atoms with Crippen LogP contribution in [0.3, 0.4) is 0 Å². The van der Waals surface area contributed by atoms with E-state index >= 15 is 0 Å². The summed E-state index contributed by atoms with van der Waals surface area (Å²) in [6, 6.07) is 16.0. The molecule has 3 N–H and O–H groups in total. The van der Waals surface area contributed by atoms with Crippen LogP contribution in [0.4, 0.5) is 5.69 Å². The van der Waals surface area contributed by atoms with Crippen LogP contribution in [-0.4, -0.2) is 28.3 Å². The Kier molecular flexibility index (Phi) is 3.98. The van der Waals surface area contributed by atoms with Gasteiger partial charge in [0, 0.05) is 16.6 Å². The third-order valence-corrected chi connectivity index (χ3v) is 5.01. The number of aliphatic imine (C=N–C) groups is 1. The van der Waals surface area contributed by atoms with Crippen molar-refractivity contribution in [1.82, 2.24) is 4.98 Å². The highest BCUT2D eigenvalue weighted by molar-refractivity contribution is 6.31. The van der Waals surface area contributed by atoms with E-state index in [9.17, 15) is 9.90 Å². The Morgan fingerprint density at radius 3 is 2.81 bits per heavy atom. The molecular weight excluding hydrogens is 350 g/mol. The Balaban J connectivity index is 1.92. The van der Waals surface area contributed by atoms with Crippen molar-refractivity contribution in [2.45, 2.75) is 17.9 Å². The van der Waals surface area contributed by atoms with Crippen LogP contribution in [0.2, 0.25) is 5.02 Å². The summed E-state index contributed by atoms with van der Waals surface area (Å²) < 4.78 is 0. The molecule has 2 aromatic carbocycles. The first-order valence-electron chi connectivity index (χ1n) is 8.19. The van der Waals surface area contributed by atoms with Crippen molar-refractivity contribution >= 4 is 40.4 Å². The van der Waals surface area contributed by atoms with Crippen LogP contribution >= 0.6 is 11.6 Å². The number of benzene rings is 2. The van der Waals surface area contributed by atoms with E-state index < -0.39 is 17.4 Å². The first-order chi connectivity index (χ1) is 12.5. The second-order valence-corrected chi connectivity index (χ2v) is 6.87. The van der Waals surface area contributed by atoms with Gasteiger partial charge in [-0.1, -0.05) is 41.9 Å². The standard InChI is InChI=1S/C20H16ClN3O2/c21-13-6-7-14-17(9-13)23-11-20(14,10-15(22)19(25)26)18-8-5-12-3-1-2-4-16(12)24-18/h1-9,11,15H,10,22H2,(H,25,26)/t15-,20?/m0/s1. The zero-order valence-corrected chi connectivity index (χ0v) is 14.5. The average molecular weight is 366 g/mol. The topological polar surface area (TPSA) is 88.6 Å². The first-order valence-corrected chi connectivity index (χ1v) is 8.57. The van der Waals surface area contributed by atoms with Gasteiger partial charge in [0.05, 0.1) is 22.3 Å². The fourth-order valence-electron chi connectivity index (χ4n) is 3.46. The van der Waals surface area contributed by atoms with Gasteiger partial charge >= 0.3 is 5.97 Å². The average Bonchev–Trinajstić information content (AvgIpc) is 2.99. The maximum Gasteiger partial charge on any atom is 0.320 e. The quantitative estimate of drug-likeness (QED) is 0.737. The lowest BCUT2D eigenvalue weighted by molar-refractivity contribution is -0.138. The Bertz CT molecular complexity index is 1050. The molecule has 0 saturated heterocycles. The van der Waals surface area contributed by atoms with Crippen LogP contribution in [0, 0.1) is 0 Å². The molecule has 2 atom stereocenters. The summed E-state index contributed by atoms with van der Waals surface area (Å²) in [5.74, 6) is -1.05. The highest BCUT2D eigenvalue weighted by atomic mass is 35.5. The molecule has 0 spiro atoms. The number of fused-ring (bicyclic) bond motifs is 2. The van der Waals surface area contributed by atoms with Crippen LogP contribution in [-0.2, 0) is 10.2 Å². The summed E-state index contributed by atoms with van der Waals surface area (Å²) in [6.45, 7) is 0. The summed E-state index contributed by atoms with van der Waals surface area (Å²) >= 11 is 6.09. The molecule has 4 rings (SSSR count). The van der Waals surface area contributed by atoms with Crippen molar-refractivity contribution in [3.05, 3.63) is 70.9 Å². The number of carbonyl (C=O) groups is 1. The zero-order valence-electron chi connectivity index (χ0n) is 13.8. The lowest BCUT2D eigenvalue weighted by atomic mass is 9.74. The van der Waals surface area contributed by atoms with E-state index in [-0.39, 0.29) is 6.42 Å². The van der Waals surface area contributed by atoms with Gasteiger partial charge in [0.2, 0.25) is 0 Å². The third-order valence-electron chi connectivity index (χ3n) is 4.78. The van der Waals surface area contributed by atoms with Gasteiger partial charge in [0.15, 0.2) is 0 Å². The molecule has 26 heavy (non-hydrogen) atoms. The molecule has 1 aromatic heterocycles. The fourth-order valence-corrected chi connectivity index (χ4v) is 3.62. The number of hydrogen-bond donors (Lipinski definition) is 2. The Labute approximate surface area is 155 Å². The number of aromatic nitrogens is 1. The van der Waals surface area contributed by atoms with Crippen LogP contribution in [0.1, 0.15) is 17.7 Å². The van der Waals surface area contributed by atoms with E-state index in [1.807, 2.05) is 42.5 Å². The summed E-state index contributed by atoms with van der Waals surface area (Å²) in [4.78, 5) is 20.7. The van der Waals surface area contributed by atoms with Crippen molar-refractivity contribution in [1.29, 1.82) is 0 Å².